The van der Waals surface area contributed by atoms with Gasteiger partial charge in [-0.25, -0.2) is 13.4 Å². The third kappa shape index (κ3) is 4.64. The lowest BCUT2D eigenvalue weighted by atomic mass is 10.2. The van der Waals surface area contributed by atoms with Crippen LogP contribution in [0.15, 0.2) is 34.5 Å². The number of ether oxygens (including phenoxy) is 1. The molecule has 1 heterocycles. The summed E-state index contributed by atoms with van der Waals surface area (Å²) in [6.45, 7) is 3.20. The predicted molar refractivity (Wildman–Crippen MR) is 94.6 cm³/mol. The van der Waals surface area contributed by atoms with E-state index >= 15 is 0 Å². The van der Waals surface area contributed by atoms with E-state index in [0.29, 0.717) is 16.4 Å². The van der Waals surface area contributed by atoms with Gasteiger partial charge < -0.3 is 4.74 Å². The summed E-state index contributed by atoms with van der Waals surface area (Å²) >= 11 is 1.19. The number of thiazole rings is 1. The fourth-order valence-electron chi connectivity index (χ4n) is 1.90. The molecule has 1 aromatic heterocycles. The molecule has 134 valence electrons. The summed E-state index contributed by atoms with van der Waals surface area (Å²) in [4.78, 5) is 27.7. The molecule has 0 atom stereocenters. The van der Waals surface area contributed by atoms with E-state index in [2.05, 4.69) is 15.0 Å². The molecule has 7 nitrogen and oxygen atoms in total. The Morgan fingerprint density at radius 3 is 2.44 bits per heavy atom. The average molecular weight is 382 g/mol. The van der Waals surface area contributed by atoms with Gasteiger partial charge in [0.05, 0.1) is 29.4 Å². The molecular weight excluding hydrogens is 364 g/mol. The highest BCUT2D eigenvalue weighted by atomic mass is 32.2. The van der Waals surface area contributed by atoms with Crippen molar-refractivity contribution in [3.05, 3.63) is 40.9 Å². The highest BCUT2D eigenvalue weighted by Gasteiger charge is 2.19. The minimum absolute atomic E-state index is 0.0324. The number of nitrogens with one attached hydrogen (secondary N) is 1. The Labute approximate surface area is 150 Å². The molecule has 0 fully saturated rings. The second-order valence-electron chi connectivity index (χ2n) is 5.47. The predicted octanol–water partition coefficient (Wildman–Crippen LogP) is 2.29. The molecule has 0 aliphatic carbocycles. The van der Waals surface area contributed by atoms with Crippen LogP contribution in [0.25, 0.3) is 0 Å². The number of sulfone groups is 1. The number of anilines is 1. The van der Waals surface area contributed by atoms with Crippen LogP contribution in [-0.4, -0.2) is 37.6 Å². The molecule has 0 bridgehead atoms. The highest BCUT2D eigenvalue weighted by Crippen LogP contribution is 2.19. The van der Waals surface area contributed by atoms with Gasteiger partial charge in [-0.3, -0.25) is 14.9 Å². The molecule has 2 aromatic rings. The smallest absolute Gasteiger partial charge is 0.311 e. The molecule has 0 aliphatic heterocycles. The number of carbonyl (C=O) groups is 2. The molecule has 1 N–H and O–H groups in total. The van der Waals surface area contributed by atoms with Gasteiger partial charge in [-0.15, -0.1) is 11.3 Å². The van der Waals surface area contributed by atoms with Gasteiger partial charge in [0.15, 0.2) is 15.0 Å². The normalized spacial score (nSPS) is 11.4. The van der Waals surface area contributed by atoms with Gasteiger partial charge in [-0.05, 0) is 38.1 Å². The Morgan fingerprint density at radius 1 is 1.24 bits per heavy atom. The van der Waals surface area contributed by atoms with Crippen molar-refractivity contribution >= 4 is 38.2 Å². The standard InChI is InChI=1S/C16H18N2O5S2/c1-10(2)25(21,22)13-6-4-11(5-7-13)15(20)18-16-17-12(9-24-16)8-14(19)23-3/h4-7,9-10H,8H2,1-3H3,(H,17,18,20). The summed E-state index contributed by atoms with van der Waals surface area (Å²) in [5.74, 6) is -0.822. The largest absolute Gasteiger partial charge is 0.469 e. The van der Waals surface area contributed by atoms with Crippen LogP contribution >= 0.6 is 11.3 Å². The first-order valence-corrected chi connectivity index (χ1v) is 9.83. The molecule has 9 heteroatoms. The van der Waals surface area contributed by atoms with Crippen molar-refractivity contribution < 1.29 is 22.7 Å². The van der Waals surface area contributed by atoms with Crippen molar-refractivity contribution in [1.29, 1.82) is 0 Å². The SMILES string of the molecule is COC(=O)Cc1csc(NC(=O)c2ccc(S(=O)(=O)C(C)C)cc2)n1. The lowest BCUT2D eigenvalue weighted by molar-refractivity contribution is -0.139. The van der Waals surface area contributed by atoms with Gasteiger partial charge in [0.25, 0.3) is 5.91 Å². The summed E-state index contributed by atoms with van der Waals surface area (Å²) < 4.78 is 28.7. The maximum absolute atomic E-state index is 12.2. The number of aromatic nitrogens is 1. The molecule has 1 amide bonds. The zero-order chi connectivity index (χ0) is 18.6. The number of nitrogens with zero attached hydrogens (tertiary/aromatic N) is 1. The number of benzene rings is 1. The minimum Gasteiger partial charge on any atom is -0.469 e. The van der Waals surface area contributed by atoms with E-state index in [4.69, 9.17) is 0 Å². The molecule has 0 unspecified atom stereocenters. The lowest BCUT2D eigenvalue weighted by Gasteiger charge is -2.08. The van der Waals surface area contributed by atoms with Crippen LogP contribution in [0, 0.1) is 0 Å². The van der Waals surface area contributed by atoms with Gasteiger partial charge in [0.2, 0.25) is 0 Å². The molecule has 0 radical (unpaired) electrons. The Morgan fingerprint density at radius 2 is 1.88 bits per heavy atom. The van der Waals surface area contributed by atoms with Crippen LogP contribution < -0.4 is 5.32 Å². The fraction of sp³-hybridized carbons (Fsp3) is 0.312. The third-order valence-corrected chi connectivity index (χ3v) is 6.37. The Hall–Kier alpha value is -2.26. The first-order chi connectivity index (χ1) is 11.7. The third-order valence-electron chi connectivity index (χ3n) is 3.39. The van der Waals surface area contributed by atoms with Gasteiger partial charge in [0, 0.05) is 10.9 Å². The summed E-state index contributed by atoms with van der Waals surface area (Å²) in [5.41, 5.74) is 0.818. The maximum Gasteiger partial charge on any atom is 0.311 e. The second kappa shape index (κ2) is 7.75. The number of esters is 1. The molecule has 0 saturated carbocycles. The van der Waals surface area contributed by atoms with Crippen LogP contribution in [0.5, 0.6) is 0 Å². The van der Waals surface area contributed by atoms with Crippen LogP contribution in [-0.2, 0) is 25.8 Å². The lowest BCUT2D eigenvalue weighted by Crippen LogP contribution is -2.15. The van der Waals surface area contributed by atoms with E-state index in [1.807, 2.05) is 0 Å². The molecule has 2 rings (SSSR count). The Kier molecular flexibility index (Phi) is 5.91. The van der Waals surface area contributed by atoms with E-state index < -0.39 is 27.0 Å². The number of amides is 1. The quantitative estimate of drug-likeness (QED) is 0.769. The van der Waals surface area contributed by atoms with Crippen LogP contribution in [0.2, 0.25) is 0 Å². The van der Waals surface area contributed by atoms with Gasteiger partial charge >= 0.3 is 5.97 Å². The van der Waals surface area contributed by atoms with Crippen molar-refractivity contribution in [3.63, 3.8) is 0 Å². The Bertz CT molecular complexity index is 870. The fourth-order valence-corrected chi connectivity index (χ4v) is 3.67. The van der Waals surface area contributed by atoms with E-state index in [9.17, 15) is 18.0 Å². The molecule has 0 aliphatic rings. The van der Waals surface area contributed by atoms with Gasteiger partial charge in [-0.1, -0.05) is 0 Å². The number of carbonyl (C=O) groups excluding carboxylic acids is 2. The molecule has 25 heavy (non-hydrogen) atoms. The average Bonchev–Trinajstić information content (AvgIpc) is 3.01. The van der Waals surface area contributed by atoms with Gasteiger partial charge in [-0.2, -0.15) is 0 Å². The zero-order valence-electron chi connectivity index (χ0n) is 14.0. The van der Waals surface area contributed by atoms with E-state index in [0.717, 1.165) is 0 Å². The summed E-state index contributed by atoms with van der Waals surface area (Å²) in [7, 11) is -2.08. The van der Waals surface area contributed by atoms with Gasteiger partial charge in [0.1, 0.15) is 0 Å². The van der Waals surface area contributed by atoms with Crippen LogP contribution in [0.4, 0.5) is 5.13 Å². The van der Waals surface area contributed by atoms with Crippen LogP contribution in [0.1, 0.15) is 29.9 Å². The topological polar surface area (TPSA) is 102 Å². The number of methoxy groups -OCH3 is 1. The maximum atomic E-state index is 12.2. The van der Waals surface area contributed by atoms with Crippen LogP contribution in [0.3, 0.4) is 0 Å². The van der Waals surface area contributed by atoms with Crippen molar-refractivity contribution in [3.8, 4) is 0 Å². The number of hydrogen-bond donors (Lipinski definition) is 1. The van der Waals surface area contributed by atoms with Crippen molar-refractivity contribution in [1.82, 2.24) is 4.98 Å². The molecule has 0 spiro atoms. The minimum atomic E-state index is -3.37. The first-order valence-electron chi connectivity index (χ1n) is 7.40. The summed E-state index contributed by atoms with van der Waals surface area (Å²) in [6, 6.07) is 5.73. The van der Waals surface area contributed by atoms with Crippen molar-refractivity contribution in [2.24, 2.45) is 0 Å². The second-order valence-corrected chi connectivity index (χ2v) is 8.83. The van der Waals surface area contributed by atoms with E-state index in [-0.39, 0.29) is 11.3 Å². The Balaban J connectivity index is 2.08. The molecule has 1 aromatic carbocycles. The van der Waals surface area contributed by atoms with E-state index in [1.54, 1.807) is 19.2 Å². The summed E-state index contributed by atoms with van der Waals surface area (Å²) in [6.07, 6.45) is 0.0324. The van der Waals surface area contributed by atoms with Crippen molar-refractivity contribution in [2.45, 2.75) is 30.4 Å². The highest BCUT2D eigenvalue weighted by molar-refractivity contribution is 7.92. The zero-order valence-corrected chi connectivity index (χ0v) is 15.6. The number of rotatable bonds is 6. The number of hydrogen-bond acceptors (Lipinski definition) is 7. The first kappa shape index (κ1) is 19.1. The monoisotopic (exact) mass is 382 g/mol. The summed E-state index contributed by atoms with van der Waals surface area (Å²) in [5, 5.41) is 4.09. The molecular formula is C16H18N2O5S2. The van der Waals surface area contributed by atoms with E-state index in [1.165, 1.54) is 42.7 Å². The van der Waals surface area contributed by atoms with Crippen molar-refractivity contribution in [2.75, 3.05) is 12.4 Å². The molecule has 0 saturated heterocycles.